The summed E-state index contributed by atoms with van der Waals surface area (Å²) in [6.45, 7) is 7.83. The normalized spacial score (nSPS) is 22.6. The summed E-state index contributed by atoms with van der Waals surface area (Å²) in [7, 11) is 0. The molecule has 0 aliphatic carbocycles. The van der Waals surface area contributed by atoms with Crippen molar-refractivity contribution in [2.75, 3.05) is 24.5 Å². The van der Waals surface area contributed by atoms with Crippen molar-refractivity contribution in [3.05, 3.63) is 73.4 Å². The molecule has 2 N–H and O–H groups in total. The number of hydrogen-bond donors (Lipinski definition) is 2. The van der Waals surface area contributed by atoms with Crippen molar-refractivity contribution in [3.63, 3.8) is 0 Å². The zero-order chi connectivity index (χ0) is 22.4. The molecule has 3 heterocycles. The summed E-state index contributed by atoms with van der Waals surface area (Å²) in [5, 5.41) is 4.56. The van der Waals surface area contributed by atoms with E-state index in [0.717, 1.165) is 32.5 Å². The van der Waals surface area contributed by atoms with Crippen LogP contribution in [0.25, 0.3) is 10.9 Å². The van der Waals surface area contributed by atoms with Gasteiger partial charge >= 0.3 is 5.69 Å². The molecule has 168 valence electrons. The van der Waals surface area contributed by atoms with Crippen LogP contribution in [-0.2, 0) is 6.54 Å². The number of fused-ring (bicyclic) bond motifs is 3. The first-order valence-electron chi connectivity index (χ1n) is 11.4. The Kier molecular flexibility index (Phi) is 5.59. The van der Waals surface area contributed by atoms with Gasteiger partial charge in [-0.2, -0.15) is 0 Å². The highest BCUT2D eigenvalue weighted by molar-refractivity contribution is 6.34. The fourth-order valence-corrected chi connectivity index (χ4v) is 5.87. The first kappa shape index (κ1) is 21.3. The van der Waals surface area contributed by atoms with Crippen LogP contribution in [0.4, 0.5) is 5.69 Å². The number of aromatic nitrogens is 2. The predicted octanol–water partition coefficient (Wildman–Crippen LogP) is 3.46. The van der Waals surface area contributed by atoms with E-state index < -0.39 is 0 Å². The van der Waals surface area contributed by atoms with Crippen LogP contribution in [0, 0.1) is 25.7 Å². The Balaban J connectivity index is 1.27. The SMILES string of the molecule is Cc1ccc(N2CC3CNC(C2)C3CCCn2c(=O)[nH]c3c(Cl)cccc3c2=O)c(C)c1. The van der Waals surface area contributed by atoms with Crippen LogP contribution < -0.4 is 21.5 Å². The van der Waals surface area contributed by atoms with Crippen molar-refractivity contribution in [1.29, 1.82) is 0 Å². The number of rotatable bonds is 5. The van der Waals surface area contributed by atoms with Crippen molar-refractivity contribution in [3.8, 4) is 0 Å². The highest BCUT2D eigenvalue weighted by Crippen LogP contribution is 2.36. The summed E-state index contributed by atoms with van der Waals surface area (Å²) in [5.41, 5.74) is 3.72. The lowest BCUT2D eigenvalue weighted by Crippen LogP contribution is -2.47. The number of halogens is 1. The van der Waals surface area contributed by atoms with Gasteiger partial charge in [0.05, 0.1) is 15.9 Å². The number of hydrogen-bond acceptors (Lipinski definition) is 4. The number of H-pyrrole nitrogens is 1. The molecule has 7 heteroatoms. The zero-order valence-electron chi connectivity index (χ0n) is 18.5. The third kappa shape index (κ3) is 3.76. The molecule has 32 heavy (non-hydrogen) atoms. The molecular weight excluding hydrogens is 424 g/mol. The molecule has 3 unspecified atom stereocenters. The number of para-hydroxylation sites is 1. The number of aromatic amines is 1. The predicted molar refractivity (Wildman–Crippen MR) is 130 cm³/mol. The average Bonchev–Trinajstić information content (AvgIpc) is 2.98. The smallest absolute Gasteiger partial charge is 0.328 e. The van der Waals surface area contributed by atoms with E-state index in [2.05, 4.69) is 47.2 Å². The van der Waals surface area contributed by atoms with Crippen molar-refractivity contribution >= 4 is 28.2 Å². The first-order valence-corrected chi connectivity index (χ1v) is 11.8. The summed E-state index contributed by atoms with van der Waals surface area (Å²) in [6.07, 6.45) is 1.81. The Morgan fingerprint density at radius 1 is 1.12 bits per heavy atom. The molecule has 2 aromatic carbocycles. The lowest BCUT2D eigenvalue weighted by Gasteiger charge is -2.39. The van der Waals surface area contributed by atoms with Crippen LogP contribution in [-0.4, -0.2) is 35.2 Å². The van der Waals surface area contributed by atoms with Crippen LogP contribution in [0.2, 0.25) is 5.02 Å². The second kappa shape index (κ2) is 8.41. The van der Waals surface area contributed by atoms with Crippen LogP contribution in [0.3, 0.4) is 0 Å². The summed E-state index contributed by atoms with van der Waals surface area (Å²) in [5.74, 6) is 1.15. The molecule has 0 radical (unpaired) electrons. The number of piperidine rings is 1. The second-order valence-electron chi connectivity index (χ2n) is 9.33. The summed E-state index contributed by atoms with van der Waals surface area (Å²) in [6, 6.07) is 12.3. The van der Waals surface area contributed by atoms with Crippen molar-refractivity contribution in [2.24, 2.45) is 11.8 Å². The number of aryl methyl sites for hydroxylation is 2. The highest BCUT2D eigenvalue weighted by Gasteiger charge is 2.41. The Morgan fingerprint density at radius 2 is 1.97 bits per heavy atom. The lowest BCUT2D eigenvalue weighted by molar-refractivity contribution is 0.289. The standard InChI is InChI=1S/C25H29ClN4O2/c1-15-8-9-22(16(2)11-15)29-13-17-12-27-21(14-29)18(17)6-4-10-30-24(31)19-5-3-7-20(26)23(19)28-25(30)32/h3,5,7-9,11,17-18,21,27H,4,6,10,12-14H2,1-2H3,(H,28,32). The Bertz CT molecular complexity index is 1270. The van der Waals surface area contributed by atoms with E-state index in [1.165, 1.54) is 21.4 Å². The minimum absolute atomic E-state index is 0.267. The van der Waals surface area contributed by atoms with E-state index >= 15 is 0 Å². The molecule has 0 spiro atoms. The zero-order valence-corrected chi connectivity index (χ0v) is 19.3. The number of benzene rings is 2. The fraction of sp³-hybridized carbons (Fsp3) is 0.440. The highest BCUT2D eigenvalue weighted by atomic mass is 35.5. The molecule has 3 atom stereocenters. The molecule has 0 saturated carbocycles. The lowest BCUT2D eigenvalue weighted by atomic mass is 9.82. The third-order valence-electron chi connectivity index (χ3n) is 7.21. The van der Waals surface area contributed by atoms with Gasteiger partial charge in [-0.1, -0.05) is 35.4 Å². The number of nitrogens with one attached hydrogen (secondary N) is 2. The van der Waals surface area contributed by atoms with Gasteiger partial charge in [-0.05, 0) is 62.3 Å². The van der Waals surface area contributed by atoms with E-state index in [4.69, 9.17) is 11.6 Å². The van der Waals surface area contributed by atoms with Gasteiger partial charge in [-0.15, -0.1) is 0 Å². The van der Waals surface area contributed by atoms with Crippen LogP contribution in [0.1, 0.15) is 24.0 Å². The monoisotopic (exact) mass is 452 g/mol. The van der Waals surface area contributed by atoms with Crippen molar-refractivity contribution in [2.45, 2.75) is 39.3 Å². The van der Waals surface area contributed by atoms with Gasteiger partial charge in [0.15, 0.2) is 0 Å². The molecule has 5 rings (SSSR count). The quantitative estimate of drug-likeness (QED) is 0.622. The molecule has 3 aromatic rings. The molecule has 2 aliphatic heterocycles. The molecule has 2 aliphatic rings. The van der Waals surface area contributed by atoms with Crippen LogP contribution in [0.5, 0.6) is 0 Å². The fourth-order valence-electron chi connectivity index (χ4n) is 5.65. The Morgan fingerprint density at radius 3 is 2.75 bits per heavy atom. The molecule has 6 nitrogen and oxygen atoms in total. The maximum atomic E-state index is 12.8. The van der Waals surface area contributed by atoms with Gasteiger partial charge in [0.1, 0.15) is 0 Å². The van der Waals surface area contributed by atoms with Gasteiger partial charge < -0.3 is 15.2 Å². The van der Waals surface area contributed by atoms with Crippen LogP contribution >= 0.6 is 11.6 Å². The minimum atomic E-state index is -0.388. The van der Waals surface area contributed by atoms with Gasteiger partial charge in [0.25, 0.3) is 5.56 Å². The molecule has 0 amide bonds. The largest absolute Gasteiger partial charge is 0.369 e. The molecular formula is C25H29ClN4O2. The maximum Gasteiger partial charge on any atom is 0.328 e. The van der Waals surface area contributed by atoms with E-state index in [1.54, 1.807) is 18.2 Å². The molecule has 1 aromatic heterocycles. The van der Waals surface area contributed by atoms with Crippen LogP contribution in [0.15, 0.2) is 46.0 Å². The average molecular weight is 453 g/mol. The molecule has 2 saturated heterocycles. The summed E-state index contributed by atoms with van der Waals surface area (Å²) >= 11 is 6.14. The second-order valence-corrected chi connectivity index (χ2v) is 9.73. The van der Waals surface area contributed by atoms with E-state index in [-0.39, 0.29) is 11.2 Å². The van der Waals surface area contributed by atoms with Crippen molar-refractivity contribution in [1.82, 2.24) is 14.9 Å². The number of anilines is 1. The maximum absolute atomic E-state index is 12.8. The summed E-state index contributed by atoms with van der Waals surface area (Å²) in [4.78, 5) is 30.7. The summed E-state index contributed by atoms with van der Waals surface area (Å²) < 4.78 is 1.32. The topological polar surface area (TPSA) is 70.1 Å². The van der Waals surface area contributed by atoms with Gasteiger partial charge in [-0.3, -0.25) is 9.36 Å². The molecule has 2 fully saturated rings. The molecule has 2 bridgehead atoms. The first-order chi connectivity index (χ1) is 15.4. The Labute approximate surface area is 192 Å². The number of nitrogens with zero attached hydrogens (tertiary/aromatic N) is 2. The third-order valence-corrected chi connectivity index (χ3v) is 7.53. The van der Waals surface area contributed by atoms with Gasteiger partial charge in [0, 0.05) is 37.9 Å². The minimum Gasteiger partial charge on any atom is -0.369 e. The van der Waals surface area contributed by atoms with E-state index in [9.17, 15) is 9.59 Å². The van der Waals surface area contributed by atoms with Gasteiger partial charge in [0.2, 0.25) is 0 Å². The van der Waals surface area contributed by atoms with Gasteiger partial charge in [-0.25, -0.2) is 4.79 Å². The van der Waals surface area contributed by atoms with Crippen molar-refractivity contribution < 1.29 is 0 Å². The van der Waals surface area contributed by atoms with E-state index in [0.29, 0.717) is 40.3 Å². The Hall–Kier alpha value is -2.57. The van der Waals surface area contributed by atoms with E-state index in [1.807, 2.05) is 0 Å².